The molecule has 1 saturated carbocycles. The molecule has 2 aliphatic rings. The Bertz CT molecular complexity index is 1250. The second kappa shape index (κ2) is 8.47. The van der Waals surface area contributed by atoms with Gasteiger partial charge in [0.05, 0.1) is 24.3 Å². The lowest BCUT2D eigenvalue weighted by Gasteiger charge is -2.41. The van der Waals surface area contributed by atoms with E-state index in [-0.39, 0.29) is 17.2 Å². The molecule has 190 valence electrons. The van der Waals surface area contributed by atoms with Crippen molar-refractivity contribution in [1.82, 2.24) is 9.88 Å². The van der Waals surface area contributed by atoms with Gasteiger partial charge >= 0.3 is 6.18 Å². The number of halogens is 3. The molecule has 1 fully saturated rings. The Labute approximate surface area is 206 Å². The highest BCUT2D eigenvalue weighted by Crippen LogP contribution is 2.69. The molecule has 1 aromatic heterocycles. The fourth-order valence-electron chi connectivity index (χ4n) is 6.05. The number of aliphatic hydroxyl groups is 2. The molecule has 0 unspecified atom stereocenters. The zero-order valence-electron chi connectivity index (χ0n) is 20.0. The molecule has 0 saturated heterocycles. The summed E-state index contributed by atoms with van der Waals surface area (Å²) in [6, 6.07) is 15.4. The molecule has 2 heterocycles. The van der Waals surface area contributed by atoms with Crippen molar-refractivity contribution in [2.24, 2.45) is 5.92 Å². The van der Waals surface area contributed by atoms with Gasteiger partial charge in [0, 0.05) is 24.6 Å². The van der Waals surface area contributed by atoms with Gasteiger partial charge in [0.1, 0.15) is 5.75 Å². The summed E-state index contributed by atoms with van der Waals surface area (Å²) in [6.07, 6.45) is -4.42. The smallest absolute Gasteiger partial charge is 0.416 e. The Hall–Kier alpha value is -3.14. The van der Waals surface area contributed by atoms with Crippen LogP contribution in [-0.2, 0) is 17.4 Å². The van der Waals surface area contributed by atoms with Crippen LogP contribution in [0.1, 0.15) is 28.2 Å². The summed E-state index contributed by atoms with van der Waals surface area (Å²) in [4.78, 5) is 6.13. The van der Waals surface area contributed by atoms with Crippen molar-refractivity contribution in [3.63, 3.8) is 0 Å². The number of nitrogens with zero attached hydrogens (tertiary/aromatic N) is 2. The number of benzene rings is 2. The molecular formula is C27H27F3N2O4. The first kappa shape index (κ1) is 24.5. The molecule has 9 heteroatoms. The minimum absolute atomic E-state index is 0.0835. The number of aliphatic hydroxyl groups excluding tert-OH is 1. The van der Waals surface area contributed by atoms with E-state index < -0.39 is 40.9 Å². The van der Waals surface area contributed by atoms with Crippen LogP contribution in [-0.4, -0.2) is 54.0 Å². The van der Waals surface area contributed by atoms with Gasteiger partial charge in [0.25, 0.3) is 0 Å². The van der Waals surface area contributed by atoms with Crippen molar-refractivity contribution >= 4 is 0 Å². The number of pyridine rings is 1. The Morgan fingerprint density at radius 1 is 1.06 bits per heavy atom. The fourth-order valence-corrected chi connectivity index (χ4v) is 6.05. The zero-order chi connectivity index (χ0) is 25.9. The minimum Gasteiger partial charge on any atom is -0.481 e. The Kier molecular flexibility index (Phi) is 5.77. The molecule has 3 aromatic rings. The van der Waals surface area contributed by atoms with Crippen molar-refractivity contribution in [2.45, 2.75) is 29.4 Å². The summed E-state index contributed by atoms with van der Waals surface area (Å²) in [5.41, 5.74) is -3.27. The van der Waals surface area contributed by atoms with Crippen LogP contribution in [0, 0.1) is 5.92 Å². The molecule has 1 aliphatic heterocycles. The van der Waals surface area contributed by atoms with Gasteiger partial charge in [0.2, 0.25) is 5.88 Å². The van der Waals surface area contributed by atoms with E-state index in [0.29, 0.717) is 12.1 Å². The van der Waals surface area contributed by atoms with Gasteiger partial charge in [-0.2, -0.15) is 13.2 Å². The van der Waals surface area contributed by atoms with Gasteiger partial charge in [-0.25, -0.2) is 4.98 Å². The number of alkyl halides is 3. The SMILES string of the molecule is COc1nccc2c1[C@]1(O)[C@H](O)[C@H](CN(C)C)[C@@H](c3ccccc3)[C@]1(c1ccc(C(F)(F)F)cc1)O2. The van der Waals surface area contributed by atoms with E-state index in [4.69, 9.17) is 9.47 Å². The third-order valence-corrected chi connectivity index (χ3v) is 7.37. The molecular weight excluding hydrogens is 473 g/mol. The van der Waals surface area contributed by atoms with Gasteiger partial charge in [-0.3, -0.25) is 0 Å². The average Bonchev–Trinajstić information content (AvgIpc) is 3.22. The average molecular weight is 501 g/mol. The lowest BCUT2D eigenvalue weighted by Crippen LogP contribution is -2.52. The van der Waals surface area contributed by atoms with Crippen molar-refractivity contribution in [2.75, 3.05) is 27.7 Å². The van der Waals surface area contributed by atoms with Crippen molar-refractivity contribution in [3.8, 4) is 11.6 Å². The molecule has 0 bridgehead atoms. The Balaban J connectivity index is 1.83. The number of fused-ring (bicyclic) bond motifs is 3. The van der Waals surface area contributed by atoms with E-state index in [1.165, 1.54) is 25.4 Å². The first-order valence-corrected chi connectivity index (χ1v) is 11.6. The largest absolute Gasteiger partial charge is 0.481 e. The van der Waals surface area contributed by atoms with Crippen molar-refractivity contribution in [1.29, 1.82) is 0 Å². The molecule has 5 rings (SSSR count). The van der Waals surface area contributed by atoms with E-state index in [0.717, 1.165) is 17.7 Å². The third-order valence-electron chi connectivity index (χ3n) is 7.37. The maximum atomic E-state index is 13.4. The summed E-state index contributed by atoms with van der Waals surface area (Å²) in [6.45, 7) is 0.382. The molecule has 0 radical (unpaired) electrons. The van der Waals surface area contributed by atoms with E-state index in [1.54, 1.807) is 6.07 Å². The maximum absolute atomic E-state index is 13.4. The minimum atomic E-state index is -4.53. The Morgan fingerprint density at radius 3 is 2.31 bits per heavy atom. The third kappa shape index (κ3) is 3.33. The number of aromatic nitrogens is 1. The highest BCUT2D eigenvalue weighted by molar-refractivity contribution is 5.58. The monoisotopic (exact) mass is 500 g/mol. The molecule has 0 amide bonds. The molecule has 0 spiro atoms. The van der Waals surface area contributed by atoms with Crippen LogP contribution < -0.4 is 9.47 Å². The zero-order valence-corrected chi connectivity index (χ0v) is 20.0. The number of rotatable bonds is 5. The van der Waals surface area contributed by atoms with Crippen LogP contribution in [0.4, 0.5) is 13.2 Å². The lowest BCUT2D eigenvalue weighted by molar-refractivity contribution is -0.152. The molecule has 5 atom stereocenters. The van der Waals surface area contributed by atoms with E-state index in [2.05, 4.69) is 4.98 Å². The second-order valence-corrected chi connectivity index (χ2v) is 9.63. The van der Waals surface area contributed by atoms with Crippen LogP contribution in [0.25, 0.3) is 0 Å². The molecule has 6 nitrogen and oxygen atoms in total. The fraction of sp³-hybridized carbons (Fsp3) is 0.370. The van der Waals surface area contributed by atoms with Crippen LogP contribution in [0.2, 0.25) is 0 Å². The number of hydrogen-bond acceptors (Lipinski definition) is 6. The van der Waals surface area contributed by atoms with Crippen LogP contribution >= 0.6 is 0 Å². The summed E-state index contributed by atoms with van der Waals surface area (Å²) in [5, 5.41) is 24.4. The van der Waals surface area contributed by atoms with Gasteiger partial charge < -0.3 is 24.6 Å². The van der Waals surface area contributed by atoms with Gasteiger partial charge in [-0.1, -0.05) is 42.5 Å². The highest BCUT2D eigenvalue weighted by Gasteiger charge is 2.76. The predicted octanol–water partition coefficient (Wildman–Crippen LogP) is 3.92. The van der Waals surface area contributed by atoms with Crippen LogP contribution in [0.5, 0.6) is 11.6 Å². The second-order valence-electron chi connectivity index (χ2n) is 9.63. The summed E-state index contributed by atoms with van der Waals surface area (Å²) in [7, 11) is 5.11. The quantitative estimate of drug-likeness (QED) is 0.553. The van der Waals surface area contributed by atoms with Crippen molar-refractivity contribution < 1.29 is 32.9 Å². The Morgan fingerprint density at radius 2 is 1.72 bits per heavy atom. The van der Waals surface area contributed by atoms with Gasteiger partial charge in [-0.15, -0.1) is 0 Å². The van der Waals surface area contributed by atoms with Crippen molar-refractivity contribution in [3.05, 3.63) is 89.1 Å². The predicted molar refractivity (Wildman–Crippen MR) is 126 cm³/mol. The van der Waals surface area contributed by atoms with Crippen LogP contribution in [0.15, 0.2) is 66.9 Å². The van der Waals surface area contributed by atoms with Gasteiger partial charge in [-0.05, 0) is 43.4 Å². The first-order chi connectivity index (χ1) is 17.1. The van der Waals surface area contributed by atoms with Gasteiger partial charge in [0.15, 0.2) is 11.2 Å². The van der Waals surface area contributed by atoms with Crippen LogP contribution in [0.3, 0.4) is 0 Å². The normalized spacial score (nSPS) is 29.1. The highest BCUT2D eigenvalue weighted by atomic mass is 19.4. The van der Waals surface area contributed by atoms with E-state index >= 15 is 0 Å². The molecule has 36 heavy (non-hydrogen) atoms. The molecule has 2 aromatic carbocycles. The lowest BCUT2D eigenvalue weighted by atomic mass is 9.70. The topological polar surface area (TPSA) is 75.0 Å². The number of hydrogen-bond donors (Lipinski definition) is 2. The molecule has 2 N–H and O–H groups in total. The summed E-state index contributed by atoms with van der Waals surface area (Å²) >= 11 is 0. The summed E-state index contributed by atoms with van der Waals surface area (Å²) in [5.74, 6) is -0.838. The maximum Gasteiger partial charge on any atom is 0.416 e. The first-order valence-electron chi connectivity index (χ1n) is 11.6. The standard InChI is InChI=1S/C27H27F3N2O4/c1-32(2)15-19-21(16-7-5-4-6-8-16)26(17-9-11-18(12-10-17)27(28,29)30)25(34,23(19)33)22-20(36-26)13-14-31-24(22)35-3/h4-14,19,21,23,33-34H,15H2,1-3H3/t19-,21-,23-,25+,26+/m1/s1. The summed E-state index contributed by atoms with van der Waals surface area (Å²) < 4.78 is 52.3. The number of ether oxygens (including phenoxy) is 2. The molecule has 1 aliphatic carbocycles. The van der Waals surface area contributed by atoms with E-state index in [1.807, 2.05) is 49.3 Å². The number of methoxy groups -OCH3 is 1. The van der Waals surface area contributed by atoms with E-state index in [9.17, 15) is 23.4 Å².